The number of ether oxygens (including phenoxy) is 2. The first-order valence-corrected chi connectivity index (χ1v) is 9.21. The van der Waals surface area contributed by atoms with Gasteiger partial charge < -0.3 is 14.6 Å². The summed E-state index contributed by atoms with van der Waals surface area (Å²) in [6.07, 6.45) is -0.0386. The highest BCUT2D eigenvalue weighted by atomic mass is 35.5. The van der Waals surface area contributed by atoms with Crippen LogP contribution >= 0.6 is 22.9 Å². The zero-order chi connectivity index (χ0) is 18.0. The Labute approximate surface area is 155 Å². The molecule has 1 unspecified atom stereocenters. The molecule has 2 aromatic rings. The molecule has 1 N–H and O–H groups in total. The molecule has 7 heteroatoms. The van der Waals surface area contributed by atoms with Crippen LogP contribution in [0.2, 0.25) is 5.02 Å². The van der Waals surface area contributed by atoms with E-state index in [1.807, 2.05) is 24.3 Å². The summed E-state index contributed by atoms with van der Waals surface area (Å²) in [5.74, 6) is -0.327. The Kier molecular flexibility index (Phi) is 5.64. The van der Waals surface area contributed by atoms with Gasteiger partial charge in [-0.25, -0.2) is 4.79 Å². The molecule has 0 saturated heterocycles. The Hall–Kier alpha value is -1.60. The monoisotopic (exact) mass is 381 g/mol. The summed E-state index contributed by atoms with van der Waals surface area (Å²) in [4.78, 5) is 15.7. The van der Waals surface area contributed by atoms with E-state index in [2.05, 4.69) is 4.90 Å². The van der Waals surface area contributed by atoms with Gasteiger partial charge in [0.05, 0.1) is 7.11 Å². The van der Waals surface area contributed by atoms with Crippen LogP contribution in [0.15, 0.2) is 30.3 Å². The Morgan fingerprint density at radius 3 is 2.84 bits per heavy atom. The molecule has 5 nitrogen and oxygen atoms in total. The van der Waals surface area contributed by atoms with Crippen molar-refractivity contribution in [2.45, 2.75) is 32.2 Å². The highest BCUT2D eigenvalue weighted by Crippen LogP contribution is 2.37. The van der Waals surface area contributed by atoms with E-state index in [1.165, 1.54) is 23.3 Å². The van der Waals surface area contributed by atoms with Gasteiger partial charge in [0.25, 0.3) is 0 Å². The minimum atomic E-state index is -0.845. The number of carbonyl (C=O) groups excluding carboxylic acids is 1. The first-order chi connectivity index (χ1) is 12.0. The van der Waals surface area contributed by atoms with E-state index < -0.39 is 12.3 Å². The highest BCUT2D eigenvalue weighted by Gasteiger charge is 2.33. The molecular formula is C18H20ClNO4S. The van der Waals surface area contributed by atoms with Crippen LogP contribution in [0.1, 0.15) is 29.0 Å². The maximum absolute atomic E-state index is 12.4. The van der Waals surface area contributed by atoms with Crippen molar-refractivity contribution in [3.8, 4) is 5.06 Å². The minimum Gasteiger partial charge on any atom is -0.468 e. The van der Waals surface area contributed by atoms with Crippen LogP contribution in [0.5, 0.6) is 5.06 Å². The van der Waals surface area contributed by atoms with E-state index in [1.54, 1.807) is 13.0 Å². The number of benzene rings is 1. The smallest absolute Gasteiger partial charge is 0.327 e. The summed E-state index contributed by atoms with van der Waals surface area (Å²) in [5.41, 5.74) is 1.85. The summed E-state index contributed by atoms with van der Waals surface area (Å²) < 4.78 is 10.4. The number of rotatable bonds is 5. The van der Waals surface area contributed by atoms with E-state index in [0.717, 1.165) is 17.5 Å². The number of carbonyl (C=O) groups is 1. The molecule has 1 aliphatic heterocycles. The van der Waals surface area contributed by atoms with Crippen molar-refractivity contribution in [3.05, 3.63) is 51.4 Å². The molecule has 1 aromatic heterocycles. The Bertz CT molecular complexity index is 761. The zero-order valence-electron chi connectivity index (χ0n) is 14.1. The molecule has 0 bridgehead atoms. The lowest BCUT2D eigenvalue weighted by Gasteiger charge is -2.33. The third kappa shape index (κ3) is 3.98. The molecule has 0 fully saturated rings. The molecule has 0 spiro atoms. The van der Waals surface area contributed by atoms with Crippen molar-refractivity contribution in [3.63, 3.8) is 0 Å². The summed E-state index contributed by atoms with van der Waals surface area (Å²) in [5, 5.41) is 10.6. The van der Waals surface area contributed by atoms with Gasteiger partial charge in [0.15, 0.2) is 11.4 Å². The fraction of sp³-hybridized carbons (Fsp3) is 0.389. The normalized spacial score (nSPS) is 16.8. The lowest BCUT2D eigenvalue weighted by atomic mass is 10.0. The summed E-state index contributed by atoms with van der Waals surface area (Å²) >= 11 is 7.86. The Morgan fingerprint density at radius 2 is 2.16 bits per heavy atom. The second kappa shape index (κ2) is 7.74. The molecule has 2 heterocycles. The van der Waals surface area contributed by atoms with Crippen LogP contribution in [0.25, 0.3) is 0 Å². The van der Waals surface area contributed by atoms with Gasteiger partial charge in [-0.15, -0.1) is 11.3 Å². The molecule has 134 valence electrons. The predicted octanol–water partition coefficient (Wildman–Crippen LogP) is 3.39. The summed E-state index contributed by atoms with van der Waals surface area (Å²) in [7, 11) is 1.39. The molecular weight excluding hydrogens is 362 g/mol. The average molecular weight is 382 g/mol. The molecule has 1 aliphatic rings. The van der Waals surface area contributed by atoms with Gasteiger partial charge >= 0.3 is 5.97 Å². The van der Waals surface area contributed by atoms with Crippen molar-refractivity contribution in [2.75, 3.05) is 13.7 Å². The Morgan fingerprint density at radius 1 is 1.40 bits per heavy atom. The number of thiophene rings is 1. The van der Waals surface area contributed by atoms with Crippen molar-refractivity contribution >= 4 is 28.9 Å². The average Bonchev–Trinajstić information content (AvgIpc) is 2.97. The second-order valence-electron chi connectivity index (χ2n) is 5.90. The van der Waals surface area contributed by atoms with Gasteiger partial charge in [-0.05, 0) is 36.6 Å². The molecule has 2 atom stereocenters. The number of aliphatic hydroxyl groups is 1. The zero-order valence-corrected chi connectivity index (χ0v) is 15.6. The number of halogens is 1. The quantitative estimate of drug-likeness (QED) is 0.635. The van der Waals surface area contributed by atoms with Gasteiger partial charge in [0.1, 0.15) is 6.04 Å². The first-order valence-electron chi connectivity index (χ1n) is 8.02. The number of nitrogens with zero attached hydrogens (tertiary/aromatic N) is 1. The van der Waals surface area contributed by atoms with Crippen molar-refractivity contribution < 1.29 is 19.4 Å². The van der Waals surface area contributed by atoms with Crippen molar-refractivity contribution in [2.24, 2.45) is 0 Å². The fourth-order valence-electron chi connectivity index (χ4n) is 3.06. The first kappa shape index (κ1) is 18.2. The molecule has 0 radical (unpaired) electrons. The van der Waals surface area contributed by atoms with E-state index in [-0.39, 0.29) is 5.97 Å². The van der Waals surface area contributed by atoms with E-state index in [0.29, 0.717) is 23.2 Å². The lowest BCUT2D eigenvalue weighted by Crippen LogP contribution is -2.38. The van der Waals surface area contributed by atoms with Crippen LogP contribution < -0.4 is 4.74 Å². The van der Waals surface area contributed by atoms with Gasteiger partial charge in [-0.2, -0.15) is 0 Å². The van der Waals surface area contributed by atoms with Crippen LogP contribution in [0.4, 0.5) is 0 Å². The summed E-state index contributed by atoms with van der Waals surface area (Å²) in [6, 6.07) is 8.72. The minimum absolute atomic E-state index is 0.327. The second-order valence-corrected chi connectivity index (χ2v) is 7.41. The number of aliphatic hydroxyl groups excluding tert-OH is 1. The molecule has 3 rings (SSSR count). The molecule has 25 heavy (non-hydrogen) atoms. The molecule has 0 saturated carbocycles. The Balaban J connectivity index is 1.87. The molecule has 1 aromatic carbocycles. The maximum atomic E-state index is 12.4. The molecule has 0 amide bonds. The number of fused-ring (bicyclic) bond motifs is 1. The number of hydrogen-bond acceptors (Lipinski definition) is 6. The van der Waals surface area contributed by atoms with Crippen LogP contribution in [-0.2, 0) is 22.5 Å². The topological polar surface area (TPSA) is 59.0 Å². The van der Waals surface area contributed by atoms with Crippen molar-refractivity contribution in [1.29, 1.82) is 0 Å². The highest BCUT2D eigenvalue weighted by molar-refractivity contribution is 7.14. The number of methoxy groups -OCH3 is 1. The van der Waals surface area contributed by atoms with Gasteiger partial charge in [0, 0.05) is 23.0 Å². The third-order valence-corrected chi connectivity index (χ3v) is 5.62. The SMILES string of the molecule is COC(=O)[C@@H](c1ccccc1Cl)N1CCc2sc(OC(C)O)cc2C1. The van der Waals surface area contributed by atoms with E-state index >= 15 is 0 Å². The fourth-order valence-corrected chi connectivity index (χ4v) is 4.37. The van der Waals surface area contributed by atoms with Crippen molar-refractivity contribution in [1.82, 2.24) is 4.90 Å². The number of esters is 1. The van der Waals surface area contributed by atoms with Crippen LogP contribution in [0.3, 0.4) is 0 Å². The van der Waals surface area contributed by atoms with Crippen LogP contribution in [0, 0.1) is 0 Å². The van der Waals surface area contributed by atoms with Crippen LogP contribution in [-0.4, -0.2) is 35.9 Å². The standard InChI is InChI=1S/C18H20ClNO4S/c1-11(21)24-16-9-12-10-20(8-7-15(12)25-16)17(18(22)23-2)13-5-3-4-6-14(13)19/h3-6,9,11,17,21H,7-8,10H2,1-2H3/t11?,17-/m1/s1. The van der Waals surface area contributed by atoms with Gasteiger partial charge in [-0.3, -0.25) is 4.90 Å². The summed E-state index contributed by atoms with van der Waals surface area (Å²) in [6.45, 7) is 2.89. The van der Waals surface area contributed by atoms with E-state index in [4.69, 9.17) is 21.1 Å². The maximum Gasteiger partial charge on any atom is 0.327 e. The van der Waals surface area contributed by atoms with Gasteiger partial charge in [0.2, 0.25) is 0 Å². The van der Waals surface area contributed by atoms with E-state index in [9.17, 15) is 9.90 Å². The lowest BCUT2D eigenvalue weighted by molar-refractivity contribution is -0.147. The third-order valence-electron chi connectivity index (χ3n) is 4.15. The predicted molar refractivity (Wildman–Crippen MR) is 97.0 cm³/mol. The number of hydrogen-bond donors (Lipinski definition) is 1. The molecule has 0 aliphatic carbocycles. The van der Waals surface area contributed by atoms with Gasteiger partial charge in [-0.1, -0.05) is 29.8 Å². The largest absolute Gasteiger partial charge is 0.468 e.